The first-order chi connectivity index (χ1) is 6.52. The number of pyridine rings is 1. The van der Waals surface area contributed by atoms with Crippen LogP contribution in [0, 0.1) is 6.92 Å². The van der Waals surface area contributed by atoms with Gasteiger partial charge in [0.05, 0.1) is 5.56 Å². The Kier molecular flexibility index (Phi) is 3.41. The van der Waals surface area contributed by atoms with Crippen molar-refractivity contribution >= 4 is 23.0 Å². The van der Waals surface area contributed by atoms with E-state index in [1.807, 2.05) is 26.8 Å². The molecule has 4 heteroatoms. The molecule has 0 bridgehead atoms. The van der Waals surface area contributed by atoms with Crippen LogP contribution < -0.4 is 11.1 Å². The van der Waals surface area contributed by atoms with Gasteiger partial charge in [0.1, 0.15) is 10.8 Å². The molecule has 0 saturated heterocycles. The second-order valence-corrected chi connectivity index (χ2v) is 3.95. The maximum absolute atomic E-state index is 5.64. The minimum Gasteiger partial charge on any atom is -0.389 e. The molecule has 0 aromatic carbocycles. The standard InChI is InChI=1S/C10H15N3S/c1-6(2)13-10-8(9(11)14)7(3)4-5-12-10/h4-6H,1-3H3,(H2,11,14)(H,12,13). The number of nitrogens with zero attached hydrogens (tertiary/aromatic N) is 1. The fourth-order valence-corrected chi connectivity index (χ4v) is 1.51. The third-order valence-electron chi connectivity index (χ3n) is 1.83. The lowest BCUT2D eigenvalue weighted by Crippen LogP contribution is -2.19. The smallest absolute Gasteiger partial charge is 0.136 e. The topological polar surface area (TPSA) is 50.9 Å². The summed E-state index contributed by atoms with van der Waals surface area (Å²) in [4.78, 5) is 4.61. The fraction of sp³-hybridized carbons (Fsp3) is 0.400. The van der Waals surface area contributed by atoms with Gasteiger partial charge in [0.25, 0.3) is 0 Å². The highest BCUT2D eigenvalue weighted by Gasteiger charge is 2.09. The van der Waals surface area contributed by atoms with Gasteiger partial charge < -0.3 is 11.1 Å². The highest BCUT2D eigenvalue weighted by Crippen LogP contribution is 2.16. The first kappa shape index (κ1) is 10.9. The molecule has 1 rings (SSSR count). The molecule has 0 unspecified atom stereocenters. The zero-order valence-corrected chi connectivity index (χ0v) is 9.48. The molecule has 0 aliphatic heterocycles. The molecule has 0 atom stereocenters. The monoisotopic (exact) mass is 209 g/mol. The van der Waals surface area contributed by atoms with Crippen molar-refractivity contribution in [3.05, 3.63) is 23.4 Å². The molecule has 1 heterocycles. The maximum Gasteiger partial charge on any atom is 0.136 e. The van der Waals surface area contributed by atoms with Crippen molar-refractivity contribution in [1.82, 2.24) is 4.98 Å². The summed E-state index contributed by atoms with van der Waals surface area (Å²) in [7, 11) is 0. The van der Waals surface area contributed by atoms with Gasteiger partial charge in [0.2, 0.25) is 0 Å². The molecule has 0 saturated carbocycles. The number of anilines is 1. The van der Waals surface area contributed by atoms with E-state index < -0.39 is 0 Å². The van der Waals surface area contributed by atoms with Crippen LogP contribution in [0.3, 0.4) is 0 Å². The van der Waals surface area contributed by atoms with Crippen LogP contribution in [0.25, 0.3) is 0 Å². The number of nitrogens with one attached hydrogen (secondary N) is 1. The highest BCUT2D eigenvalue weighted by atomic mass is 32.1. The number of aryl methyl sites for hydroxylation is 1. The van der Waals surface area contributed by atoms with Gasteiger partial charge in [-0.1, -0.05) is 12.2 Å². The number of hydrogen-bond acceptors (Lipinski definition) is 3. The van der Waals surface area contributed by atoms with E-state index in [1.54, 1.807) is 6.20 Å². The summed E-state index contributed by atoms with van der Waals surface area (Å²) >= 11 is 4.99. The Morgan fingerprint density at radius 3 is 2.71 bits per heavy atom. The van der Waals surface area contributed by atoms with Crippen LogP contribution in [0.15, 0.2) is 12.3 Å². The van der Waals surface area contributed by atoms with E-state index in [4.69, 9.17) is 18.0 Å². The number of hydrogen-bond donors (Lipinski definition) is 2. The molecule has 3 nitrogen and oxygen atoms in total. The molecule has 0 spiro atoms. The predicted molar refractivity (Wildman–Crippen MR) is 63.6 cm³/mol. The first-order valence-electron chi connectivity index (χ1n) is 4.54. The van der Waals surface area contributed by atoms with E-state index in [2.05, 4.69) is 10.3 Å². The summed E-state index contributed by atoms with van der Waals surface area (Å²) in [6, 6.07) is 2.22. The predicted octanol–water partition coefficient (Wildman–Crippen LogP) is 1.84. The van der Waals surface area contributed by atoms with Gasteiger partial charge in [0, 0.05) is 12.2 Å². The average Bonchev–Trinajstić information content (AvgIpc) is 2.01. The lowest BCUT2D eigenvalue weighted by atomic mass is 10.1. The number of thiocarbonyl (C=S) groups is 1. The van der Waals surface area contributed by atoms with Gasteiger partial charge in [-0.15, -0.1) is 0 Å². The lowest BCUT2D eigenvalue weighted by Gasteiger charge is -2.14. The summed E-state index contributed by atoms with van der Waals surface area (Å²) in [5, 5.41) is 3.22. The molecule has 3 N–H and O–H groups in total. The van der Waals surface area contributed by atoms with E-state index in [9.17, 15) is 0 Å². The molecule has 14 heavy (non-hydrogen) atoms. The summed E-state index contributed by atoms with van der Waals surface area (Å²) in [5.74, 6) is 0.771. The van der Waals surface area contributed by atoms with Crippen molar-refractivity contribution in [3.8, 4) is 0 Å². The van der Waals surface area contributed by atoms with Crippen molar-refractivity contribution in [2.75, 3.05) is 5.32 Å². The molecule has 0 aliphatic carbocycles. The van der Waals surface area contributed by atoms with Gasteiger partial charge in [0.15, 0.2) is 0 Å². The second-order valence-electron chi connectivity index (χ2n) is 3.51. The lowest BCUT2D eigenvalue weighted by molar-refractivity contribution is 0.887. The molecule has 0 aliphatic rings. The molecule has 0 amide bonds. The minimum absolute atomic E-state index is 0.317. The first-order valence-corrected chi connectivity index (χ1v) is 4.95. The van der Waals surface area contributed by atoms with Crippen molar-refractivity contribution < 1.29 is 0 Å². The quantitative estimate of drug-likeness (QED) is 0.746. The Morgan fingerprint density at radius 2 is 2.21 bits per heavy atom. The average molecular weight is 209 g/mol. The van der Waals surface area contributed by atoms with E-state index in [-0.39, 0.29) is 0 Å². The number of nitrogens with two attached hydrogens (primary N) is 1. The minimum atomic E-state index is 0.317. The molecule has 1 aromatic heterocycles. The third-order valence-corrected chi connectivity index (χ3v) is 2.04. The van der Waals surface area contributed by atoms with Gasteiger partial charge in [-0.25, -0.2) is 4.98 Å². The summed E-state index contributed by atoms with van der Waals surface area (Å²) in [6.45, 7) is 6.07. The van der Waals surface area contributed by atoms with Crippen LogP contribution in [-0.4, -0.2) is 16.0 Å². The fourth-order valence-electron chi connectivity index (χ4n) is 1.25. The molecule has 0 radical (unpaired) electrons. The zero-order chi connectivity index (χ0) is 10.7. The van der Waals surface area contributed by atoms with Gasteiger partial charge >= 0.3 is 0 Å². The maximum atomic E-state index is 5.64. The molecule has 0 fully saturated rings. The van der Waals surface area contributed by atoms with Crippen molar-refractivity contribution in [3.63, 3.8) is 0 Å². The Labute approximate surface area is 89.7 Å². The van der Waals surface area contributed by atoms with Crippen LogP contribution in [0.5, 0.6) is 0 Å². The third kappa shape index (κ3) is 2.42. The largest absolute Gasteiger partial charge is 0.389 e. The Balaban J connectivity index is 3.14. The van der Waals surface area contributed by atoms with Crippen LogP contribution in [0.1, 0.15) is 25.0 Å². The molecule has 76 valence electrons. The van der Waals surface area contributed by atoms with Gasteiger partial charge in [-0.2, -0.15) is 0 Å². The summed E-state index contributed by atoms with van der Waals surface area (Å²) in [5.41, 5.74) is 7.54. The van der Waals surface area contributed by atoms with Crippen molar-refractivity contribution in [2.24, 2.45) is 5.73 Å². The second kappa shape index (κ2) is 4.37. The summed E-state index contributed by atoms with van der Waals surface area (Å²) < 4.78 is 0. The van der Waals surface area contributed by atoms with E-state index in [1.165, 1.54) is 0 Å². The normalized spacial score (nSPS) is 10.3. The molecular formula is C10H15N3S. The highest BCUT2D eigenvalue weighted by molar-refractivity contribution is 7.80. The van der Waals surface area contributed by atoms with Crippen molar-refractivity contribution in [2.45, 2.75) is 26.8 Å². The van der Waals surface area contributed by atoms with Crippen LogP contribution in [-0.2, 0) is 0 Å². The van der Waals surface area contributed by atoms with E-state index in [0.29, 0.717) is 11.0 Å². The SMILES string of the molecule is Cc1ccnc(NC(C)C)c1C(N)=S. The molecular weight excluding hydrogens is 194 g/mol. The Bertz CT molecular complexity index is 347. The number of aromatic nitrogens is 1. The summed E-state index contributed by atoms with van der Waals surface area (Å²) in [6.07, 6.45) is 1.75. The van der Waals surface area contributed by atoms with Crippen LogP contribution in [0.2, 0.25) is 0 Å². The van der Waals surface area contributed by atoms with Gasteiger partial charge in [-0.3, -0.25) is 0 Å². The molecule has 1 aromatic rings. The van der Waals surface area contributed by atoms with E-state index >= 15 is 0 Å². The van der Waals surface area contributed by atoms with Crippen molar-refractivity contribution in [1.29, 1.82) is 0 Å². The Hall–Kier alpha value is -1.16. The number of rotatable bonds is 3. The zero-order valence-electron chi connectivity index (χ0n) is 8.66. The van der Waals surface area contributed by atoms with Gasteiger partial charge in [-0.05, 0) is 32.4 Å². The Morgan fingerprint density at radius 1 is 1.57 bits per heavy atom. The van der Waals surface area contributed by atoms with E-state index in [0.717, 1.165) is 16.9 Å². The van der Waals surface area contributed by atoms with Crippen LogP contribution >= 0.6 is 12.2 Å². The van der Waals surface area contributed by atoms with Crippen LogP contribution in [0.4, 0.5) is 5.82 Å².